The van der Waals surface area contributed by atoms with Crippen molar-refractivity contribution in [1.29, 1.82) is 0 Å². The highest BCUT2D eigenvalue weighted by Gasteiger charge is 2.21. The molecule has 0 radical (unpaired) electrons. The summed E-state index contributed by atoms with van der Waals surface area (Å²) in [5.74, 6) is -0.594. The van der Waals surface area contributed by atoms with Gasteiger partial charge < -0.3 is 5.73 Å². The molecule has 0 aliphatic rings. The number of anilines is 1. The number of hydrogen-bond donors (Lipinski definition) is 2. The van der Waals surface area contributed by atoms with E-state index in [0.717, 1.165) is 4.88 Å². The molecule has 0 aliphatic heterocycles. The summed E-state index contributed by atoms with van der Waals surface area (Å²) in [6, 6.07) is 2.61. The molecule has 1 aromatic heterocycles. The van der Waals surface area contributed by atoms with Crippen LogP contribution in [-0.2, 0) is 16.6 Å². The predicted molar refractivity (Wildman–Crippen MR) is 76.7 cm³/mol. The van der Waals surface area contributed by atoms with Crippen LogP contribution in [0.5, 0.6) is 0 Å². The van der Waals surface area contributed by atoms with Gasteiger partial charge in [-0.25, -0.2) is 17.8 Å². The number of sulfonamides is 1. The summed E-state index contributed by atoms with van der Waals surface area (Å²) < 4.78 is 40.7. The van der Waals surface area contributed by atoms with Gasteiger partial charge in [-0.05, 0) is 31.5 Å². The smallest absolute Gasteiger partial charge is 0.264 e. The number of nitrogens with zero attached hydrogens (tertiary/aromatic N) is 1. The zero-order chi connectivity index (χ0) is 14.9. The Kier molecular flexibility index (Phi) is 4.07. The molecule has 0 bridgehead atoms. The first kappa shape index (κ1) is 14.9. The van der Waals surface area contributed by atoms with E-state index in [1.54, 1.807) is 6.20 Å². The Morgan fingerprint density at radius 3 is 2.65 bits per heavy atom. The number of aromatic nitrogens is 1. The molecule has 0 saturated carbocycles. The maximum absolute atomic E-state index is 13.7. The molecular formula is C12H14FN3O2S2. The molecule has 0 amide bonds. The van der Waals surface area contributed by atoms with Gasteiger partial charge in [0, 0.05) is 23.2 Å². The number of rotatable bonds is 4. The Morgan fingerprint density at radius 1 is 1.40 bits per heavy atom. The van der Waals surface area contributed by atoms with Crippen LogP contribution in [0.2, 0.25) is 0 Å². The Labute approximate surface area is 120 Å². The second-order valence-corrected chi connectivity index (χ2v) is 7.17. The van der Waals surface area contributed by atoms with Gasteiger partial charge in [-0.2, -0.15) is 0 Å². The molecule has 0 fully saturated rings. The van der Waals surface area contributed by atoms with E-state index >= 15 is 0 Å². The maximum atomic E-state index is 13.7. The highest BCUT2D eigenvalue weighted by molar-refractivity contribution is 7.93. The molecule has 2 aromatic rings. The third-order valence-electron chi connectivity index (χ3n) is 2.72. The Bertz CT molecular complexity index is 741. The van der Waals surface area contributed by atoms with E-state index in [9.17, 15) is 12.8 Å². The molecular weight excluding hydrogens is 301 g/mol. The number of nitrogens with two attached hydrogens (primary N) is 1. The topological polar surface area (TPSA) is 85.1 Å². The van der Waals surface area contributed by atoms with Crippen LogP contribution in [-0.4, -0.2) is 13.4 Å². The zero-order valence-electron chi connectivity index (χ0n) is 11.0. The second-order valence-electron chi connectivity index (χ2n) is 4.29. The molecule has 1 heterocycles. The average molecular weight is 315 g/mol. The van der Waals surface area contributed by atoms with Crippen LogP contribution < -0.4 is 10.5 Å². The average Bonchev–Trinajstić information content (AvgIpc) is 2.76. The molecule has 8 heteroatoms. The minimum Gasteiger partial charge on any atom is -0.326 e. The van der Waals surface area contributed by atoms with Crippen molar-refractivity contribution in [2.75, 3.05) is 4.72 Å². The van der Waals surface area contributed by atoms with Crippen LogP contribution in [0.4, 0.5) is 9.52 Å². The van der Waals surface area contributed by atoms with Crippen molar-refractivity contribution >= 4 is 26.5 Å². The van der Waals surface area contributed by atoms with E-state index < -0.39 is 15.8 Å². The van der Waals surface area contributed by atoms with Crippen molar-refractivity contribution in [3.8, 4) is 0 Å². The molecule has 1 aromatic carbocycles. The summed E-state index contributed by atoms with van der Waals surface area (Å²) in [7, 11) is -3.88. The summed E-state index contributed by atoms with van der Waals surface area (Å²) in [5.41, 5.74) is 5.92. The van der Waals surface area contributed by atoms with Gasteiger partial charge in [0.2, 0.25) is 0 Å². The highest BCUT2D eigenvalue weighted by Crippen LogP contribution is 2.25. The fourth-order valence-electron chi connectivity index (χ4n) is 1.68. The zero-order valence-corrected chi connectivity index (χ0v) is 12.6. The molecule has 3 N–H and O–H groups in total. The van der Waals surface area contributed by atoms with E-state index in [-0.39, 0.29) is 22.1 Å². The standard InChI is InChI=1S/C12H14FN3O2S2/c1-7-6-15-12(19-7)16-20(17,18)11-4-9(5-14)3-10(13)8(11)2/h3-4,6H,5,14H2,1-2H3,(H,15,16). The lowest BCUT2D eigenvalue weighted by atomic mass is 10.1. The van der Waals surface area contributed by atoms with Gasteiger partial charge in [0.15, 0.2) is 5.13 Å². The minimum absolute atomic E-state index is 0.0583. The number of nitrogens with one attached hydrogen (secondary N) is 1. The number of hydrogen-bond acceptors (Lipinski definition) is 5. The van der Waals surface area contributed by atoms with Crippen LogP contribution in [0.1, 0.15) is 16.0 Å². The van der Waals surface area contributed by atoms with E-state index in [4.69, 9.17) is 5.73 Å². The largest absolute Gasteiger partial charge is 0.326 e. The molecule has 0 unspecified atom stereocenters. The normalized spacial score (nSPS) is 11.6. The maximum Gasteiger partial charge on any atom is 0.264 e. The summed E-state index contributed by atoms with van der Waals surface area (Å²) in [6.45, 7) is 3.29. The number of halogens is 1. The van der Waals surface area contributed by atoms with Gasteiger partial charge in [-0.15, -0.1) is 11.3 Å². The van der Waals surface area contributed by atoms with Crippen molar-refractivity contribution in [3.63, 3.8) is 0 Å². The first-order valence-electron chi connectivity index (χ1n) is 5.78. The van der Waals surface area contributed by atoms with E-state index in [2.05, 4.69) is 9.71 Å². The summed E-state index contributed by atoms with van der Waals surface area (Å²) in [4.78, 5) is 4.69. The van der Waals surface area contributed by atoms with Crippen LogP contribution in [0.3, 0.4) is 0 Å². The number of aryl methyl sites for hydroxylation is 1. The molecule has 0 atom stereocenters. The van der Waals surface area contributed by atoms with Gasteiger partial charge in [-0.1, -0.05) is 0 Å². The lowest BCUT2D eigenvalue weighted by Gasteiger charge is -2.10. The lowest BCUT2D eigenvalue weighted by molar-refractivity contribution is 0.589. The third kappa shape index (κ3) is 2.97. The molecule has 5 nitrogen and oxygen atoms in total. The van der Waals surface area contributed by atoms with Crippen molar-refractivity contribution in [2.24, 2.45) is 5.73 Å². The van der Waals surface area contributed by atoms with Gasteiger partial charge >= 0.3 is 0 Å². The van der Waals surface area contributed by atoms with Crippen LogP contribution >= 0.6 is 11.3 Å². The summed E-state index contributed by atoms with van der Waals surface area (Å²) >= 11 is 1.21. The fraction of sp³-hybridized carbons (Fsp3) is 0.250. The third-order valence-corrected chi connectivity index (χ3v) is 5.15. The molecule has 20 heavy (non-hydrogen) atoms. The minimum atomic E-state index is -3.88. The van der Waals surface area contributed by atoms with Crippen molar-refractivity contribution in [1.82, 2.24) is 4.98 Å². The number of benzene rings is 1. The Balaban J connectivity index is 2.46. The molecule has 0 spiro atoms. The quantitative estimate of drug-likeness (QED) is 0.905. The Hall–Kier alpha value is -1.51. The van der Waals surface area contributed by atoms with Crippen LogP contribution in [0.25, 0.3) is 0 Å². The van der Waals surface area contributed by atoms with Crippen molar-refractivity contribution in [3.05, 3.63) is 40.2 Å². The van der Waals surface area contributed by atoms with E-state index in [0.29, 0.717) is 5.56 Å². The first-order valence-corrected chi connectivity index (χ1v) is 8.08. The molecule has 0 saturated heterocycles. The van der Waals surface area contributed by atoms with Crippen molar-refractivity contribution in [2.45, 2.75) is 25.3 Å². The van der Waals surface area contributed by atoms with Gasteiger partial charge in [0.05, 0.1) is 4.90 Å². The van der Waals surface area contributed by atoms with Crippen molar-refractivity contribution < 1.29 is 12.8 Å². The lowest BCUT2D eigenvalue weighted by Crippen LogP contribution is -2.15. The summed E-state index contributed by atoms with van der Waals surface area (Å²) in [6.07, 6.45) is 1.56. The second kappa shape index (κ2) is 5.47. The molecule has 108 valence electrons. The number of thiazole rings is 1. The predicted octanol–water partition coefficient (Wildman–Crippen LogP) is 2.16. The van der Waals surface area contributed by atoms with E-state index in [1.807, 2.05) is 6.92 Å². The SMILES string of the molecule is Cc1cnc(NS(=O)(=O)c2cc(CN)cc(F)c2C)s1. The van der Waals surface area contributed by atoms with Crippen LogP contribution in [0.15, 0.2) is 23.2 Å². The van der Waals surface area contributed by atoms with Crippen LogP contribution in [0, 0.1) is 19.7 Å². The molecule has 0 aliphatic carbocycles. The Morgan fingerprint density at radius 2 is 2.10 bits per heavy atom. The monoisotopic (exact) mass is 315 g/mol. The molecule has 2 rings (SSSR count). The van der Waals surface area contributed by atoms with E-state index in [1.165, 1.54) is 30.4 Å². The van der Waals surface area contributed by atoms with Gasteiger partial charge in [0.25, 0.3) is 10.0 Å². The van der Waals surface area contributed by atoms with Gasteiger partial charge in [0.1, 0.15) is 5.82 Å². The summed E-state index contributed by atoms with van der Waals surface area (Å²) in [5, 5.41) is 0.250. The fourth-order valence-corrected chi connectivity index (χ4v) is 3.89. The van der Waals surface area contributed by atoms with Gasteiger partial charge in [-0.3, -0.25) is 4.72 Å². The highest BCUT2D eigenvalue weighted by atomic mass is 32.2. The first-order chi connectivity index (χ1) is 9.33.